The Bertz CT molecular complexity index is 345. The van der Waals surface area contributed by atoms with E-state index < -0.39 is 10.7 Å². The smallest absolute Gasteiger partial charge is 0.258 e. The molecule has 0 radical (unpaired) electrons. The molecule has 1 aromatic carbocycles. The first-order valence-corrected chi connectivity index (χ1v) is 4.09. The molecule has 0 N–H and O–H groups in total. The molecule has 12 heavy (non-hydrogen) atoms. The summed E-state index contributed by atoms with van der Waals surface area (Å²) < 4.78 is 12.7. The second-order valence-electron chi connectivity index (χ2n) is 1.99. The maximum atomic E-state index is 12.7. The number of nitro groups is 1. The zero-order valence-electron chi connectivity index (χ0n) is 5.62. The fourth-order valence-electron chi connectivity index (χ4n) is 0.677. The molecule has 64 valence electrons. The topological polar surface area (TPSA) is 43.1 Å². The average Bonchev–Trinajstić information content (AvgIpc) is 2.00. The minimum atomic E-state index is -0.619. The second-order valence-corrected chi connectivity index (χ2v) is 3.23. The van der Waals surface area contributed by atoms with E-state index in [0.29, 0.717) is 0 Å². The Kier molecular flexibility index (Phi) is 2.69. The van der Waals surface area contributed by atoms with Crippen LogP contribution < -0.4 is 0 Å². The van der Waals surface area contributed by atoms with E-state index in [1.807, 2.05) is 0 Å². The summed E-state index contributed by atoms with van der Waals surface area (Å²) in [4.78, 5) is 9.68. The maximum absolute atomic E-state index is 12.7. The van der Waals surface area contributed by atoms with E-state index in [4.69, 9.17) is 0 Å². The summed E-state index contributed by atoms with van der Waals surface area (Å²) >= 11 is 6.63. The summed E-state index contributed by atoms with van der Waals surface area (Å²) in [6, 6.07) is 2.09. The first kappa shape index (κ1) is 9.47. The first-order chi connectivity index (χ1) is 5.54. The van der Waals surface area contributed by atoms with Crippen LogP contribution in [-0.2, 0) is 0 Å². The van der Waals surface area contributed by atoms with Gasteiger partial charge >= 0.3 is 0 Å². The molecule has 0 atom stereocenters. The van der Waals surface area contributed by atoms with E-state index in [9.17, 15) is 14.5 Å². The highest BCUT2D eigenvalue weighted by Gasteiger charge is 2.16. The van der Waals surface area contributed by atoms with E-state index in [0.717, 1.165) is 12.1 Å². The van der Waals surface area contributed by atoms with E-state index in [2.05, 4.69) is 28.6 Å². The minimum Gasteiger partial charge on any atom is -0.258 e. The third-order valence-corrected chi connectivity index (χ3v) is 2.78. The van der Waals surface area contributed by atoms with Crippen molar-refractivity contribution in [2.75, 3.05) is 0 Å². The molecule has 0 amide bonds. The van der Waals surface area contributed by atoms with Gasteiger partial charge < -0.3 is 0 Å². The molecule has 0 saturated heterocycles. The molecule has 0 bridgehead atoms. The fourth-order valence-corrected chi connectivity index (χ4v) is 1.28. The predicted octanol–water partition coefficient (Wildman–Crippen LogP) is 2.79. The number of benzene rings is 1. The summed E-state index contributed by atoms with van der Waals surface area (Å²) in [5.41, 5.74) is -0.216. The van der Waals surface area contributed by atoms with Crippen LogP contribution in [0.4, 0.5) is 10.1 Å². The van der Waals surface area contributed by atoms with Gasteiger partial charge in [0.15, 0.2) is 0 Å². The van der Waals surface area contributed by atoms with Gasteiger partial charge in [-0.15, -0.1) is 12.6 Å². The zero-order chi connectivity index (χ0) is 9.30. The molecule has 0 unspecified atom stereocenters. The molecule has 0 heterocycles. The predicted molar refractivity (Wildman–Crippen MR) is 48.0 cm³/mol. The second kappa shape index (κ2) is 3.40. The van der Waals surface area contributed by atoms with Gasteiger partial charge in [-0.3, -0.25) is 10.1 Å². The Balaban J connectivity index is 3.36. The van der Waals surface area contributed by atoms with Crippen molar-refractivity contribution in [1.82, 2.24) is 0 Å². The van der Waals surface area contributed by atoms with Crippen LogP contribution >= 0.6 is 28.6 Å². The largest absolute Gasteiger partial charge is 0.283 e. The van der Waals surface area contributed by atoms with Crippen molar-refractivity contribution in [3.05, 3.63) is 32.5 Å². The molecule has 6 heteroatoms. The molecule has 0 spiro atoms. The van der Waals surface area contributed by atoms with E-state index in [-0.39, 0.29) is 15.1 Å². The maximum Gasteiger partial charge on any atom is 0.283 e. The van der Waals surface area contributed by atoms with Crippen LogP contribution in [0.1, 0.15) is 0 Å². The van der Waals surface area contributed by atoms with Gasteiger partial charge in [-0.25, -0.2) is 4.39 Å². The van der Waals surface area contributed by atoms with Gasteiger partial charge in [0.25, 0.3) is 5.69 Å². The Morgan fingerprint density at radius 1 is 1.58 bits per heavy atom. The summed E-state index contributed by atoms with van der Waals surface area (Å²) in [5.74, 6) is -0.564. The molecule has 0 aliphatic heterocycles. The van der Waals surface area contributed by atoms with Crippen molar-refractivity contribution in [2.24, 2.45) is 0 Å². The Morgan fingerprint density at radius 2 is 2.17 bits per heavy atom. The Hall–Kier alpha value is -0.620. The van der Waals surface area contributed by atoms with Crippen molar-refractivity contribution in [2.45, 2.75) is 4.90 Å². The SMILES string of the molecule is O=[N+]([O-])c1ccc(F)c(Br)c1S. The van der Waals surface area contributed by atoms with E-state index >= 15 is 0 Å². The number of nitrogens with zero attached hydrogens (tertiary/aromatic N) is 1. The molecule has 0 aliphatic carbocycles. The molecular weight excluding hydrogens is 249 g/mol. The van der Waals surface area contributed by atoms with Crippen molar-refractivity contribution in [1.29, 1.82) is 0 Å². The molecule has 0 saturated carbocycles. The van der Waals surface area contributed by atoms with Gasteiger partial charge in [0, 0.05) is 6.07 Å². The average molecular weight is 252 g/mol. The lowest BCUT2D eigenvalue weighted by Gasteiger charge is -1.98. The van der Waals surface area contributed by atoms with Gasteiger partial charge in [-0.2, -0.15) is 0 Å². The van der Waals surface area contributed by atoms with E-state index in [1.54, 1.807) is 0 Å². The highest BCUT2D eigenvalue weighted by Crippen LogP contribution is 2.31. The zero-order valence-corrected chi connectivity index (χ0v) is 8.10. The van der Waals surface area contributed by atoms with Crippen molar-refractivity contribution in [3.8, 4) is 0 Å². The monoisotopic (exact) mass is 251 g/mol. The van der Waals surface area contributed by atoms with Crippen LogP contribution in [0.2, 0.25) is 0 Å². The lowest BCUT2D eigenvalue weighted by atomic mass is 10.3. The van der Waals surface area contributed by atoms with Crippen LogP contribution in [0.5, 0.6) is 0 Å². The number of rotatable bonds is 1. The van der Waals surface area contributed by atoms with E-state index in [1.165, 1.54) is 0 Å². The highest BCUT2D eigenvalue weighted by atomic mass is 79.9. The Labute approximate surface area is 81.3 Å². The van der Waals surface area contributed by atoms with Crippen LogP contribution in [0.25, 0.3) is 0 Å². The van der Waals surface area contributed by atoms with Crippen LogP contribution in [0.3, 0.4) is 0 Å². The third-order valence-electron chi connectivity index (χ3n) is 1.24. The molecule has 0 aliphatic rings. The van der Waals surface area contributed by atoms with Gasteiger partial charge in [-0.05, 0) is 22.0 Å². The van der Waals surface area contributed by atoms with Crippen molar-refractivity contribution in [3.63, 3.8) is 0 Å². The molecular formula is C6H3BrFNO2S. The van der Waals surface area contributed by atoms with Gasteiger partial charge in [-0.1, -0.05) is 0 Å². The normalized spacial score (nSPS) is 9.92. The number of thiol groups is 1. The summed E-state index contributed by atoms with van der Waals surface area (Å²) in [7, 11) is 0. The summed E-state index contributed by atoms with van der Waals surface area (Å²) in [6.45, 7) is 0. The molecule has 0 aromatic heterocycles. The standard InChI is InChI=1S/C6H3BrFNO2S/c7-5-3(8)1-2-4(6(5)12)9(10)11/h1-2,12H. The van der Waals surface area contributed by atoms with Crippen molar-refractivity contribution >= 4 is 34.2 Å². The van der Waals surface area contributed by atoms with Crippen LogP contribution in [-0.4, -0.2) is 4.92 Å². The summed E-state index contributed by atoms with van der Waals surface area (Å²) in [6.07, 6.45) is 0. The lowest BCUT2D eigenvalue weighted by Crippen LogP contribution is -1.91. The van der Waals surface area contributed by atoms with Crippen molar-refractivity contribution < 1.29 is 9.31 Å². The molecule has 1 rings (SSSR count). The first-order valence-electron chi connectivity index (χ1n) is 2.85. The lowest BCUT2D eigenvalue weighted by molar-refractivity contribution is -0.387. The molecule has 1 aromatic rings. The number of hydrogen-bond acceptors (Lipinski definition) is 3. The fraction of sp³-hybridized carbons (Fsp3) is 0. The molecule has 3 nitrogen and oxygen atoms in total. The van der Waals surface area contributed by atoms with Gasteiger partial charge in [0.05, 0.1) is 14.3 Å². The van der Waals surface area contributed by atoms with Gasteiger partial charge in [0.1, 0.15) is 5.82 Å². The van der Waals surface area contributed by atoms with Crippen LogP contribution in [0, 0.1) is 15.9 Å². The minimum absolute atomic E-state index is 0. The molecule has 0 fully saturated rings. The third kappa shape index (κ3) is 1.59. The number of nitro benzene ring substituents is 1. The van der Waals surface area contributed by atoms with Crippen LogP contribution in [0.15, 0.2) is 21.5 Å². The highest BCUT2D eigenvalue weighted by molar-refractivity contribution is 9.10. The number of hydrogen-bond donors (Lipinski definition) is 1. The number of halogens is 2. The quantitative estimate of drug-likeness (QED) is 0.474. The summed E-state index contributed by atoms with van der Waals surface area (Å²) in [5, 5.41) is 10.3. The van der Waals surface area contributed by atoms with Gasteiger partial charge in [0.2, 0.25) is 0 Å². The Morgan fingerprint density at radius 3 is 2.67 bits per heavy atom.